The fourth-order valence-corrected chi connectivity index (χ4v) is 3.25. The average Bonchev–Trinajstić information content (AvgIpc) is 2.91. The van der Waals surface area contributed by atoms with Crippen molar-refractivity contribution < 1.29 is 8.42 Å². The summed E-state index contributed by atoms with van der Waals surface area (Å²) in [6.45, 7) is 3.10. The molecule has 0 aliphatic rings. The van der Waals surface area contributed by atoms with E-state index in [1.54, 1.807) is 18.3 Å². The highest BCUT2D eigenvalue weighted by Crippen LogP contribution is 2.15. The van der Waals surface area contributed by atoms with Gasteiger partial charge >= 0.3 is 0 Å². The van der Waals surface area contributed by atoms with Crippen LogP contribution in [0, 0.1) is 0 Å². The number of rotatable bonds is 7. The molecular weight excluding hydrogens is 310 g/mol. The Kier molecular flexibility index (Phi) is 5.39. The SMILES string of the molecule is C[C@@H](Cn1cccn1)NCCS(=O)(=O)c1ccc(Cl)cc1. The second-order valence-electron chi connectivity index (χ2n) is 4.86. The van der Waals surface area contributed by atoms with Crippen molar-refractivity contribution >= 4 is 21.4 Å². The van der Waals surface area contributed by atoms with Gasteiger partial charge in [-0.3, -0.25) is 4.68 Å². The Bertz CT molecular complexity index is 654. The van der Waals surface area contributed by atoms with Gasteiger partial charge in [0.25, 0.3) is 0 Å². The van der Waals surface area contributed by atoms with Gasteiger partial charge in [0, 0.05) is 30.0 Å². The number of aromatic nitrogens is 2. The van der Waals surface area contributed by atoms with Gasteiger partial charge in [0.05, 0.1) is 17.2 Å². The number of hydrogen-bond donors (Lipinski definition) is 1. The summed E-state index contributed by atoms with van der Waals surface area (Å²) in [6.07, 6.45) is 3.60. The van der Waals surface area contributed by atoms with Crippen molar-refractivity contribution in [3.05, 3.63) is 47.7 Å². The van der Waals surface area contributed by atoms with E-state index in [2.05, 4.69) is 10.4 Å². The summed E-state index contributed by atoms with van der Waals surface area (Å²) < 4.78 is 26.1. The first kappa shape index (κ1) is 16.0. The third-order valence-corrected chi connectivity index (χ3v) is 5.04. The Hall–Kier alpha value is -1.37. The molecule has 1 aromatic heterocycles. The fourth-order valence-electron chi connectivity index (χ4n) is 1.95. The van der Waals surface area contributed by atoms with E-state index in [0.717, 1.165) is 0 Å². The van der Waals surface area contributed by atoms with Crippen LogP contribution in [0.1, 0.15) is 6.92 Å². The molecule has 1 atom stereocenters. The van der Waals surface area contributed by atoms with Crippen molar-refractivity contribution in [2.75, 3.05) is 12.3 Å². The first-order valence-corrected chi connectivity index (χ1v) is 8.69. The molecule has 0 saturated heterocycles. The van der Waals surface area contributed by atoms with Crippen molar-refractivity contribution in [3.63, 3.8) is 0 Å². The molecule has 0 radical (unpaired) electrons. The van der Waals surface area contributed by atoms with Gasteiger partial charge in [0.2, 0.25) is 0 Å². The molecule has 0 aliphatic carbocycles. The zero-order valence-corrected chi connectivity index (χ0v) is 13.3. The van der Waals surface area contributed by atoms with E-state index in [1.807, 2.05) is 23.9 Å². The van der Waals surface area contributed by atoms with Crippen LogP contribution in [0.2, 0.25) is 5.02 Å². The van der Waals surface area contributed by atoms with Crippen molar-refractivity contribution in [1.29, 1.82) is 0 Å². The lowest BCUT2D eigenvalue weighted by molar-refractivity contribution is 0.461. The molecule has 0 unspecified atom stereocenters. The van der Waals surface area contributed by atoms with Crippen LogP contribution in [0.15, 0.2) is 47.6 Å². The molecule has 0 spiro atoms. The number of halogens is 1. The number of sulfone groups is 1. The summed E-state index contributed by atoms with van der Waals surface area (Å²) in [7, 11) is -3.28. The lowest BCUT2D eigenvalue weighted by Crippen LogP contribution is -2.34. The van der Waals surface area contributed by atoms with Crippen LogP contribution < -0.4 is 5.32 Å². The zero-order valence-electron chi connectivity index (χ0n) is 11.7. The quantitative estimate of drug-likeness (QED) is 0.844. The van der Waals surface area contributed by atoms with Crippen LogP contribution in [-0.4, -0.2) is 36.5 Å². The Morgan fingerprint density at radius 2 is 2.05 bits per heavy atom. The molecule has 0 bridgehead atoms. The maximum absolute atomic E-state index is 12.1. The van der Waals surface area contributed by atoms with Gasteiger partial charge in [-0.05, 0) is 37.3 Å². The standard InChI is InChI=1S/C14H18ClN3O2S/c1-12(11-18-9-2-7-17-18)16-8-10-21(19,20)14-5-3-13(15)4-6-14/h2-7,9,12,16H,8,10-11H2,1H3/t12-/m0/s1. The van der Waals surface area contributed by atoms with Crippen molar-refractivity contribution in [3.8, 4) is 0 Å². The topological polar surface area (TPSA) is 64.0 Å². The maximum atomic E-state index is 12.1. The molecule has 0 fully saturated rings. The monoisotopic (exact) mass is 327 g/mol. The Morgan fingerprint density at radius 1 is 1.33 bits per heavy atom. The van der Waals surface area contributed by atoms with Crippen LogP contribution in [-0.2, 0) is 16.4 Å². The molecule has 1 heterocycles. The Morgan fingerprint density at radius 3 is 2.67 bits per heavy atom. The molecule has 0 aliphatic heterocycles. The fraction of sp³-hybridized carbons (Fsp3) is 0.357. The smallest absolute Gasteiger partial charge is 0.179 e. The van der Waals surface area contributed by atoms with Crippen LogP contribution in [0.25, 0.3) is 0 Å². The van der Waals surface area contributed by atoms with Gasteiger partial charge in [-0.1, -0.05) is 11.6 Å². The summed E-state index contributed by atoms with van der Waals surface area (Å²) in [6, 6.07) is 8.24. The van der Waals surface area contributed by atoms with E-state index in [9.17, 15) is 8.42 Å². The lowest BCUT2D eigenvalue weighted by atomic mass is 10.3. The van der Waals surface area contributed by atoms with Gasteiger partial charge in [-0.2, -0.15) is 5.10 Å². The van der Waals surface area contributed by atoms with Crippen LogP contribution in [0.3, 0.4) is 0 Å². The minimum atomic E-state index is -3.28. The first-order chi connectivity index (χ1) is 9.97. The lowest BCUT2D eigenvalue weighted by Gasteiger charge is -2.14. The molecule has 1 aromatic carbocycles. The summed E-state index contributed by atoms with van der Waals surface area (Å²) >= 11 is 5.76. The molecule has 114 valence electrons. The minimum absolute atomic E-state index is 0.0537. The molecule has 2 aromatic rings. The van der Waals surface area contributed by atoms with Crippen LogP contribution in [0.5, 0.6) is 0 Å². The molecule has 2 rings (SSSR count). The highest BCUT2D eigenvalue weighted by molar-refractivity contribution is 7.91. The zero-order chi connectivity index (χ0) is 15.3. The van der Waals surface area contributed by atoms with Crippen molar-refractivity contribution in [2.24, 2.45) is 0 Å². The molecule has 0 amide bonds. The molecule has 1 N–H and O–H groups in total. The second-order valence-corrected chi connectivity index (χ2v) is 7.40. The molecule has 5 nitrogen and oxygen atoms in total. The largest absolute Gasteiger partial charge is 0.311 e. The molecule has 21 heavy (non-hydrogen) atoms. The van der Waals surface area contributed by atoms with Gasteiger partial charge in [0.15, 0.2) is 9.84 Å². The van der Waals surface area contributed by atoms with Gasteiger partial charge in [-0.25, -0.2) is 8.42 Å². The van der Waals surface area contributed by atoms with Crippen LogP contribution >= 0.6 is 11.6 Å². The molecule has 7 heteroatoms. The highest BCUT2D eigenvalue weighted by Gasteiger charge is 2.14. The van der Waals surface area contributed by atoms with E-state index >= 15 is 0 Å². The van der Waals surface area contributed by atoms with Gasteiger partial charge < -0.3 is 5.32 Å². The van der Waals surface area contributed by atoms with E-state index in [-0.39, 0.29) is 11.8 Å². The van der Waals surface area contributed by atoms with Crippen molar-refractivity contribution in [2.45, 2.75) is 24.4 Å². The maximum Gasteiger partial charge on any atom is 0.179 e. The van der Waals surface area contributed by atoms with E-state index in [4.69, 9.17) is 11.6 Å². The Labute approximate surface area is 129 Å². The number of nitrogens with one attached hydrogen (secondary N) is 1. The van der Waals surface area contributed by atoms with Gasteiger partial charge in [-0.15, -0.1) is 0 Å². The number of hydrogen-bond acceptors (Lipinski definition) is 4. The third kappa shape index (κ3) is 4.84. The third-order valence-electron chi connectivity index (χ3n) is 3.06. The van der Waals surface area contributed by atoms with E-state index in [0.29, 0.717) is 23.0 Å². The summed E-state index contributed by atoms with van der Waals surface area (Å²) in [5, 5.41) is 7.83. The van der Waals surface area contributed by atoms with E-state index in [1.165, 1.54) is 12.1 Å². The van der Waals surface area contributed by atoms with Crippen molar-refractivity contribution in [1.82, 2.24) is 15.1 Å². The summed E-state index contributed by atoms with van der Waals surface area (Å²) in [4.78, 5) is 0.299. The molecule has 0 saturated carbocycles. The Balaban J connectivity index is 1.83. The summed E-state index contributed by atoms with van der Waals surface area (Å²) in [5.74, 6) is 0.0537. The second kappa shape index (κ2) is 7.06. The minimum Gasteiger partial charge on any atom is -0.311 e. The van der Waals surface area contributed by atoms with Gasteiger partial charge in [0.1, 0.15) is 0 Å². The normalized spacial score (nSPS) is 13.2. The number of benzene rings is 1. The van der Waals surface area contributed by atoms with Crippen LogP contribution in [0.4, 0.5) is 0 Å². The van der Waals surface area contributed by atoms with E-state index < -0.39 is 9.84 Å². The predicted octanol–water partition coefficient (Wildman–Crippen LogP) is 1.99. The number of nitrogens with zero attached hydrogens (tertiary/aromatic N) is 2. The first-order valence-electron chi connectivity index (χ1n) is 6.66. The highest BCUT2D eigenvalue weighted by atomic mass is 35.5. The summed E-state index contributed by atoms with van der Waals surface area (Å²) in [5.41, 5.74) is 0. The predicted molar refractivity (Wildman–Crippen MR) is 83.2 cm³/mol. The average molecular weight is 328 g/mol. The molecular formula is C14H18ClN3O2S.